The van der Waals surface area contributed by atoms with E-state index >= 15 is 0 Å². The molecule has 1 aliphatic heterocycles. The molecule has 1 saturated heterocycles. The van der Waals surface area contributed by atoms with Gasteiger partial charge in [-0.2, -0.15) is 0 Å². The molecule has 2 fully saturated rings. The molecular formula is C20H31IN4O. The van der Waals surface area contributed by atoms with Crippen molar-refractivity contribution in [3.8, 4) is 0 Å². The molecule has 0 aromatic heterocycles. The fourth-order valence-corrected chi connectivity index (χ4v) is 3.55. The number of benzene rings is 1. The summed E-state index contributed by atoms with van der Waals surface area (Å²) >= 11 is 0. The molecule has 1 unspecified atom stereocenters. The number of nitrogens with zero attached hydrogens (tertiary/aromatic N) is 2. The Hall–Kier alpha value is -1.31. The van der Waals surface area contributed by atoms with Crippen molar-refractivity contribution in [2.24, 2.45) is 4.99 Å². The maximum absolute atomic E-state index is 11.8. The minimum absolute atomic E-state index is 0. The van der Waals surface area contributed by atoms with E-state index in [1.54, 1.807) is 0 Å². The van der Waals surface area contributed by atoms with E-state index < -0.39 is 0 Å². The number of rotatable bonds is 6. The van der Waals surface area contributed by atoms with Gasteiger partial charge in [0.25, 0.3) is 0 Å². The molecule has 3 rings (SSSR count). The smallest absolute Gasteiger partial charge is 0.222 e. The highest BCUT2D eigenvalue weighted by atomic mass is 127. The zero-order valence-corrected chi connectivity index (χ0v) is 18.2. The van der Waals surface area contributed by atoms with Gasteiger partial charge in [-0.25, -0.2) is 0 Å². The molecule has 2 aliphatic rings. The molecule has 1 atom stereocenters. The van der Waals surface area contributed by atoms with Crippen molar-refractivity contribution in [2.75, 3.05) is 26.2 Å². The van der Waals surface area contributed by atoms with Gasteiger partial charge in [0.15, 0.2) is 5.96 Å². The molecule has 1 aliphatic carbocycles. The van der Waals surface area contributed by atoms with Gasteiger partial charge in [0.05, 0.1) is 6.54 Å². The van der Waals surface area contributed by atoms with E-state index in [1.165, 1.54) is 18.4 Å². The van der Waals surface area contributed by atoms with Gasteiger partial charge in [-0.1, -0.05) is 37.3 Å². The van der Waals surface area contributed by atoms with Crippen molar-refractivity contribution in [3.63, 3.8) is 0 Å². The highest BCUT2D eigenvalue weighted by Crippen LogP contribution is 2.48. The van der Waals surface area contributed by atoms with Crippen LogP contribution in [0.15, 0.2) is 35.3 Å². The fourth-order valence-electron chi connectivity index (χ4n) is 3.55. The molecule has 1 aromatic carbocycles. The summed E-state index contributed by atoms with van der Waals surface area (Å²) in [4.78, 5) is 18.7. The highest BCUT2D eigenvalue weighted by Gasteiger charge is 2.44. The Balaban J connectivity index is 0.00000243. The Kier molecular flexibility index (Phi) is 7.73. The lowest BCUT2D eigenvalue weighted by Crippen LogP contribution is -2.45. The molecule has 0 bridgehead atoms. The van der Waals surface area contributed by atoms with Gasteiger partial charge in [0.1, 0.15) is 0 Å². The van der Waals surface area contributed by atoms with Gasteiger partial charge in [-0.15, -0.1) is 24.0 Å². The number of hydrogen-bond donors (Lipinski definition) is 2. The average molecular weight is 470 g/mol. The second-order valence-electron chi connectivity index (χ2n) is 7.16. The number of amides is 1. The average Bonchev–Trinajstić information content (AvgIpc) is 3.31. The number of guanidine groups is 1. The standard InChI is InChI=1S/C20H30N4O.HI/c1-3-18(25)24-13-10-17(14-24)23-19(21-4-2)22-15-20(11-12-20)16-8-6-5-7-9-16;/h5-9,17H,3-4,10-15H2,1-2H3,(H2,21,22,23);1H. The first kappa shape index (κ1) is 21.0. The van der Waals surface area contributed by atoms with Crippen LogP contribution in [0.4, 0.5) is 0 Å². The SMILES string of the molecule is CCNC(=NCC1(c2ccccc2)CC1)NC1CCN(C(=O)CC)C1.I. The lowest BCUT2D eigenvalue weighted by Gasteiger charge is -2.20. The number of nitrogens with one attached hydrogen (secondary N) is 2. The highest BCUT2D eigenvalue weighted by molar-refractivity contribution is 14.0. The van der Waals surface area contributed by atoms with Crippen LogP contribution in [-0.4, -0.2) is 49.0 Å². The van der Waals surface area contributed by atoms with Crippen LogP contribution < -0.4 is 10.6 Å². The summed E-state index contributed by atoms with van der Waals surface area (Å²) < 4.78 is 0. The molecule has 2 N–H and O–H groups in total. The summed E-state index contributed by atoms with van der Waals surface area (Å²) in [5, 5.41) is 6.88. The Morgan fingerprint density at radius 1 is 1.27 bits per heavy atom. The Morgan fingerprint density at radius 3 is 2.62 bits per heavy atom. The molecule has 6 heteroatoms. The second-order valence-corrected chi connectivity index (χ2v) is 7.16. The van der Waals surface area contributed by atoms with Crippen LogP contribution in [0.25, 0.3) is 0 Å². The van der Waals surface area contributed by atoms with Gasteiger partial charge in [0.2, 0.25) is 5.91 Å². The van der Waals surface area contributed by atoms with Crippen molar-refractivity contribution in [1.82, 2.24) is 15.5 Å². The van der Waals surface area contributed by atoms with E-state index in [0.29, 0.717) is 12.5 Å². The van der Waals surface area contributed by atoms with Crippen molar-refractivity contribution >= 4 is 35.8 Å². The van der Waals surface area contributed by atoms with E-state index in [2.05, 4.69) is 47.9 Å². The molecule has 5 nitrogen and oxygen atoms in total. The van der Waals surface area contributed by atoms with Crippen LogP contribution in [-0.2, 0) is 10.2 Å². The zero-order chi connectivity index (χ0) is 17.7. The molecule has 1 saturated carbocycles. The minimum atomic E-state index is 0. The van der Waals surface area contributed by atoms with Crippen molar-refractivity contribution in [2.45, 2.75) is 51.0 Å². The topological polar surface area (TPSA) is 56.7 Å². The lowest BCUT2D eigenvalue weighted by atomic mass is 9.96. The first-order valence-corrected chi connectivity index (χ1v) is 9.55. The predicted molar refractivity (Wildman–Crippen MR) is 117 cm³/mol. The molecule has 0 radical (unpaired) electrons. The summed E-state index contributed by atoms with van der Waals surface area (Å²) in [5.74, 6) is 1.12. The Labute approximate surface area is 174 Å². The number of aliphatic imine (C=N–C) groups is 1. The predicted octanol–water partition coefficient (Wildman–Crippen LogP) is 2.90. The van der Waals surface area contributed by atoms with Crippen LogP contribution in [0, 0.1) is 0 Å². The van der Waals surface area contributed by atoms with E-state index in [9.17, 15) is 4.79 Å². The first-order chi connectivity index (χ1) is 12.2. The van der Waals surface area contributed by atoms with Crippen LogP contribution in [0.2, 0.25) is 0 Å². The lowest BCUT2D eigenvalue weighted by molar-refractivity contribution is -0.129. The Bertz CT molecular complexity index is 615. The zero-order valence-electron chi connectivity index (χ0n) is 15.8. The summed E-state index contributed by atoms with van der Waals surface area (Å²) in [6.07, 6.45) is 3.99. The molecule has 0 spiro atoms. The number of carbonyl (C=O) groups excluding carboxylic acids is 1. The fraction of sp³-hybridized carbons (Fsp3) is 0.600. The largest absolute Gasteiger partial charge is 0.357 e. The van der Waals surface area contributed by atoms with E-state index in [-0.39, 0.29) is 35.3 Å². The van der Waals surface area contributed by atoms with E-state index in [1.807, 2.05) is 11.8 Å². The normalized spacial score (nSPS) is 21.1. The molecule has 26 heavy (non-hydrogen) atoms. The van der Waals surface area contributed by atoms with Crippen LogP contribution in [0.5, 0.6) is 0 Å². The third kappa shape index (κ3) is 5.11. The van der Waals surface area contributed by atoms with E-state index in [0.717, 1.165) is 38.6 Å². The summed E-state index contributed by atoms with van der Waals surface area (Å²) in [6, 6.07) is 11.0. The number of likely N-dealkylation sites (tertiary alicyclic amines) is 1. The molecule has 1 heterocycles. The van der Waals surface area contributed by atoms with Crippen LogP contribution in [0.3, 0.4) is 0 Å². The molecular weight excluding hydrogens is 439 g/mol. The maximum Gasteiger partial charge on any atom is 0.222 e. The Morgan fingerprint density at radius 2 is 2.00 bits per heavy atom. The first-order valence-electron chi connectivity index (χ1n) is 9.55. The second kappa shape index (κ2) is 9.58. The number of hydrogen-bond acceptors (Lipinski definition) is 2. The third-order valence-electron chi connectivity index (χ3n) is 5.31. The summed E-state index contributed by atoms with van der Waals surface area (Å²) in [5.41, 5.74) is 1.62. The molecule has 1 amide bonds. The third-order valence-corrected chi connectivity index (χ3v) is 5.31. The molecule has 1 aromatic rings. The van der Waals surface area contributed by atoms with Gasteiger partial charge in [-0.3, -0.25) is 9.79 Å². The van der Waals surface area contributed by atoms with Crippen LogP contribution in [0.1, 0.15) is 45.1 Å². The van der Waals surface area contributed by atoms with Gasteiger partial charge in [0, 0.05) is 37.5 Å². The maximum atomic E-state index is 11.8. The number of halogens is 1. The molecule has 144 valence electrons. The summed E-state index contributed by atoms with van der Waals surface area (Å²) in [6.45, 7) is 7.29. The minimum Gasteiger partial charge on any atom is -0.357 e. The monoisotopic (exact) mass is 470 g/mol. The summed E-state index contributed by atoms with van der Waals surface area (Å²) in [7, 11) is 0. The van der Waals surface area contributed by atoms with Gasteiger partial charge in [-0.05, 0) is 31.7 Å². The quantitative estimate of drug-likeness (QED) is 0.382. The van der Waals surface area contributed by atoms with Gasteiger partial charge < -0.3 is 15.5 Å². The van der Waals surface area contributed by atoms with Crippen molar-refractivity contribution < 1.29 is 4.79 Å². The van der Waals surface area contributed by atoms with Crippen molar-refractivity contribution in [1.29, 1.82) is 0 Å². The van der Waals surface area contributed by atoms with Crippen molar-refractivity contribution in [3.05, 3.63) is 35.9 Å². The van der Waals surface area contributed by atoms with Crippen LogP contribution >= 0.6 is 24.0 Å². The number of carbonyl (C=O) groups is 1. The van der Waals surface area contributed by atoms with E-state index in [4.69, 9.17) is 4.99 Å². The van der Waals surface area contributed by atoms with Gasteiger partial charge >= 0.3 is 0 Å².